The first-order valence-electron chi connectivity index (χ1n) is 6.45. The summed E-state index contributed by atoms with van der Waals surface area (Å²) in [5.74, 6) is -0.640. The van der Waals surface area contributed by atoms with Crippen LogP contribution in [0.2, 0.25) is 0 Å². The van der Waals surface area contributed by atoms with Crippen LogP contribution in [0.15, 0.2) is 18.3 Å². The minimum atomic E-state index is -0.541. The zero-order valence-electron chi connectivity index (χ0n) is 10.6. The predicted molar refractivity (Wildman–Crippen MR) is 67.3 cm³/mol. The van der Waals surface area contributed by atoms with E-state index in [1.807, 2.05) is 0 Å². The lowest BCUT2D eigenvalue weighted by atomic mass is 9.90. The molecule has 0 aromatic carbocycles. The van der Waals surface area contributed by atoms with E-state index in [4.69, 9.17) is 4.74 Å². The first-order valence-corrected chi connectivity index (χ1v) is 6.45. The Morgan fingerprint density at radius 1 is 1.37 bits per heavy atom. The minimum absolute atomic E-state index is 0.0807. The fraction of sp³-hybridized carbons (Fsp3) is 0.538. The van der Waals surface area contributed by atoms with Gasteiger partial charge in [0.2, 0.25) is 5.95 Å². The number of ether oxygens (including phenoxy) is 1. The van der Waals surface area contributed by atoms with Crippen LogP contribution in [0.5, 0.6) is 0 Å². The number of halogens is 1. The number of carbonyl (C=O) groups is 1. The van der Waals surface area contributed by atoms with E-state index in [-0.39, 0.29) is 18.1 Å². The Balaban J connectivity index is 1.83. The highest BCUT2D eigenvalue weighted by Gasteiger charge is 2.41. The maximum atomic E-state index is 12.9. The molecule has 0 aliphatic carbocycles. The highest BCUT2D eigenvalue weighted by Crippen LogP contribution is 2.30. The molecule has 19 heavy (non-hydrogen) atoms. The second kappa shape index (κ2) is 4.86. The molecule has 2 aliphatic heterocycles. The second-order valence-electron chi connectivity index (χ2n) is 5.04. The molecule has 1 aromatic rings. The van der Waals surface area contributed by atoms with Crippen LogP contribution >= 0.6 is 0 Å². The van der Waals surface area contributed by atoms with E-state index in [0.717, 1.165) is 25.9 Å². The van der Waals surface area contributed by atoms with Gasteiger partial charge in [0.1, 0.15) is 6.61 Å². The van der Waals surface area contributed by atoms with E-state index in [1.54, 1.807) is 11.0 Å². The fourth-order valence-corrected chi connectivity index (χ4v) is 2.66. The van der Waals surface area contributed by atoms with Gasteiger partial charge in [0, 0.05) is 0 Å². The third-order valence-corrected chi connectivity index (χ3v) is 3.79. The Labute approximate surface area is 110 Å². The number of morpholine rings is 1. The lowest BCUT2D eigenvalue weighted by Crippen LogP contribution is -2.58. The van der Waals surface area contributed by atoms with Crippen LogP contribution in [0.25, 0.3) is 0 Å². The average Bonchev–Trinajstić information content (AvgIpc) is 2.44. The predicted octanol–water partition coefficient (Wildman–Crippen LogP) is 0.706. The first kappa shape index (κ1) is 12.5. The SMILES string of the molecule is O=C1COC2(CCNCC2)CN1c1ccc(F)nc1. The van der Waals surface area contributed by atoms with Gasteiger partial charge in [0.25, 0.3) is 5.91 Å². The summed E-state index contributed by atoms with van der Waals surface area (Å²) in [4.78, 5) is 17.2. The Morgan fingerprint density at radius 3 is 2.84 bits per heavy atom. The summed E-state index contributed by atoms with van der Waals surface area (Å²) in [5, 5.41) is 3.28. The Bertz CT molecular complexity index is 471. The van der Waals surface area contributed by atoms with Crippen molar-refractivity contribution in [2.45, 2.75) is 18.4 Å². The molecule has 0 bridgehead atoms. The summed E-state index contributed by atoms with van der Waals surface area (Å²) in [6, 6.07) is 2.85. The van der Waals surface area contributed by atoms with Crippen LogP contribution in [0.1, 0.15) is 12.8 Å². The van der Waals surface area contributed by atoms with Crippen LogP contribution in [-0.2, 0) is 9.53 Å². The summed E-state index contributed by atoms with van der Waals surface area (Å²) >= 11 is 0. The highest BCUT2D eigenvalue weighted by atomic mass is 19.1. The average molecular weight is 265 g/mol. The normalized spacial score (nSPS) is 22.8. The second-order valence-corrected chi connectivity index (χ2v) is 5.04. The van der Waals surface area contributed by atoms with Gasteiger partial charge in [-0.25, -0.2) is 4.98 Å². The summed E-state index contributed by atoms with van der Waals surface area (Å²) < 4.78 is 18.6. The molecule has 1 aromatic heterocycles. The molecule has 3 rings (SSSR count). The van der Waals surface area contributed by atoms with Gasteiger partial charge in [-0.2, -0.15) is 4.39 Å². The third kappa shape index (κ3) is 2.46. The van der Waals surface area contributed by atoms with Gasteiger partial charge in [-0.1, -0.05) is 0 Å². The molecule has 2 aliphatic rings. The van der Waals surface area contributed by atoms with Crippen molar-refractivity contribution >= 4 is 11.6 Å². The molecule has 0 saturated carbocycles. The summed E-state index contributed by atoms with van der Waals surface area (Å²) in [6.45, 7) is 2.38. The summed E-state index contributed by atoms with van der Waals surface area (Å²) in [7, 11) is 0. The van der Waals surface area contributed by atoms with E-state index in [1.165, 1.54) is 12.3 Å². The molecule has 0 atom stereocenters. The molecule has 1 N–H and O–H groups in total. The molecule has 2 saturated heterocycles. The molecular weight excluding hydrogens is 249 g/mol. The van der Waals surface area contributed by atoms with Crippen molar-refractivity contribution in [3.05, 3.63) is 24.3 Å². The molecule has 0 unspecified atom stereocenters. The number of anilines is 1. The molecule has 1 amide bonds. The number of hydrogen-bond acceptors (Lipinski definition) is 4. The van der Waals surface area contributed by atoms with Gasteiger partial charge in [-0.15, -0.1) is 0 Å². The standard InChI is InChI=1S/C13H16FN3O2/c14-11-2-1-10(7-16-11)17-9-13(19-8-12(17)18)3-5-15-6-4-13/h1-2,7,15H,3-6,8-9H2. The number of hydrogen-bond donors (Lipinski definition) is 1. The largest absolute Gasteiger partial charge is 0.363 e. The van der Waals surface area contributed by atoms with Gasteiger partial charge in [-0.3, -0.25) is 4.79 Å². The number of nitrogens with one attached hydrogen (secondary N) is 1. The van der Waals surface area contributed by atoms with Crippen molar-refractivity contribution in [2.24, 2.45) is 0 Å². The Hall–Kier alpha value is -1.53. The molecular formula is C13H16FN3O2. The molecule has 6 heteroatoms. The van der Waals surface area contributed by atoms with E-state index in [0.29, 0.717) is 12.2 Å². The van der Waals surface area contributed by atoms with Gasteiger partial charge < -0.3 is 15.0 Å². The Morgan fingerprint density at radius 2 is 2.16 bits per heavy atom. The van der Waals surface area contributed by atoms with Gasteiger partial charge in [0.05, 0.1) is 24.0 Å². The van der Waals surface area contributed by atoms with Gasteiger partial charge in [0.15, 0.2) is 0 Å². The number of pyridine rings is 1. The molecule has 3 heterocycles. The zero-order valence-corrected chi connectivity index (χ0v) is 10.6. The number of rotatable bonds is 1. The van der Waals surface area contributed by atoms with Crippen molar-refractivity contribution in [3.8, 4) is 0 Å². The zero-order chi connectivity index (χ0) is 13.3. The van der Waals surface area contributed by atoms with Crippen molar-refractivity contribution in [1.29, 1.82) is 0 Å². The number of piperidine rings is 1. The maximum absolute atomic E-state index is 12.9. The fourth-order valence-electron chi connectivity index (χ4n) is 2.66. The third-order valence-electron chi connectivity index (χ3n) is 3.79. The molecule has 1 spiro atoms. The van der Waals surface area contributed by atoms with E-state index >= 15 is 0 Å². The summed E-state index contributed by atoms with van der Waals surface area (Å²) in [6.07, 6.45) is 3.16. The van der Waals surface area contributed by atoms with Crippen LogP contribution < -0.4 is 10.2 Å². The molecule has 0 radical (unpaired) electrons. The van der Waals surface area contributed by atoms with Crippen molar-refractivity contribution in [1.82, 2.24) is 10.3 Å². The molecule has 5 nitrogen and oxygen atoms in total. The number of amides is 1. The first-order chi connectivity index (χ1) is 9.19. The van der Waals surface area contributed by atoms with Crippen LogP contribution in [0.3, 0.4) is 0 Å². The quantitative estimate of drug-likeness (QED) is 0.760. The minimum Gasteiger partial charge on any atom is -0.363 e. The number of carbonyl (C=O) groups excluding carboxylic acids is 1. The highest BCUT2D eigenvalue weighted by molar-refractivity contribution is 5.95. The van der Waals surface area contributed by atoms with E-state index in [9.17, 15) is 9.18 Å². The molecule has 2 fully saturated rings. The smallest absolute Gasteiger partial charge is 0.253 e. The molecule has 102 valence electrons. The van der Waals surface area contributed by atoms with Crippen molar-refractivity contribution in [3.63, 3.8) is 0 Å². The maximum Gasteiger partial charge on any atom is 0.253 e. The monoisotopic (exact) mass is 265 g/mol. The lowest BCUT2D eigenvalue weighted by Gasteiger charge is -2.44. The van der Waals surface area contributed by atoms with E-state index < -0.39 is 5.95 Å². The van der Waals surface area contributed by atoms with Crippen LogP contribution in [0.4, 0.5) is 10.1 Å². The van der Waals surface area contributed by atoms with Gasteiger partial charge in [-0.05, 0) is 38.1 Å². The van der Waals surface area contributed by atoms with E-state index in [2.05, 4.69) is 10.3 Å². The van der Waals surface area contributed by atoms with Crippen molar-refractivity contribution in [2.75, 3.05) is 31.1 Å². The van der Waals surface area contributed by atoms with Crippen LogP contribution in [-0.4, -0.2) is 42.7 Å². The van der Waals surface area contributed by atoms with Gasteiger partial charge >= 0.3 is 0 Å². The van der Waals surface area contributed by atoms with Crippen molar-refractivity contribution < 1.29 is 13.9 Å². The topological polar surface area (TPSA) is 54.5 Å². The number of nitrogens with zero attached hydrogens (tertiary/aromatic N) is 2. The Kier molecular flexibility index (Phi) is 3.20. The lowest BCUT2D eigenvalue weighted by molar-refractivity contribution is -0.141. The van der Waals surface area contributed by atoms with Crippen LogP contribution in [0, 0.1) is 5.95 Å². The number of aromatic nitrogens is 1. The summed E-state index contributed by atoms with van der Waals surface area (Å²) in [5.41, 5.74) is 0.362.